The molecule has 2 rings (SSSR count). The van der Waals surface area contributed by atoms with Crippen LogP contribution >= 0.6 is 11.6 Å². The van der Waals surface area contributed by atoms with Crippen molar-refractivity contribution in [3.8, 4) is 0 Å². The van der Waals surface area contributed by atoms with Crippen LogP contribution in [-0.4, -0.2) is 15.0 Å². The molecule has 2 N–H and O–H groups in total. The van der Waals surface area contributed by atoms with Crippen molar-refractivity contribution in [2.45, 2.75) is 11.8 Å². The second-order valence-electron chi connectivity index (χ2n) is 4.26. The first-order chi connectivity index (χ1) is 9.94. The molecule has 2 aromatic carbocycles. The Morgan fingerprint density at radius 1 is 1.14 bits per heavy atom. The number of rotatable bonds is 5. The van der Waals surface area contributed by atoms with Gasteiger partial charge < -0.3 is 5.32 Å². The fourth-order valence-corrected chi connectivity index (χ4v) is 3.22. The molecule has 0 amide bonds. The Labute approximate surface area is 128 Å². The highest BCUT2D eigenvalue weighted by molar-refractivity contribution is 7.92. The quantitative estimate of drug-likeness (QED) is 0.879. The SMILES string of the molecule is CCNc1ccccc1S(=O)(=O)Nc1ccc(Cl)cc1F. The lowest BCUT2D eigenvalue weighted by Gasteiger charge is -2.13. The zero-order valence-corrected chi connectivity index (χ0v) is 12.8. The van der Waals surface area contributed by atoms with Gasteiger partial charge >= 0.3 is 0 Å². The van der Waals surface area contributed by atoms with E-state index < -0.39 is 15.8 Å². The predicted octanol–water partition coefficient (Wildman–Crippen LogP) is 3.71. The summed E-state index contributed by atoms with van der Waals surface area (Å²) in [5.41, 5.74) is 0.313. The molecule has 0 aliphatic rings. The Kier molecular flexibility index (Phi) is 4.69. The van der Waals surface area contributed by atoms with Crippen molar-refractivity contribution in [2.24, 2.45) is 0 Å². The average Bonchev–Trinajstić information content (AvgIpc) is 2.43. The summed E-state index contributed by atoms with van der Waals surface area (Å²) in [6.45, 7) is 2.43. The van der Waals surface area contributed by atoms with E-state index in [1.54, 1.807) is 18.2 Å². The van der Waals surface area contributed by atoms with E-state index in [4.69, 9.17) is 11.6 Å². The minimum Gasteiger partial charge on any atom is -0.384 e. The van der Waals surface area contributed by atoms with Crippen molar-refractivity contribution in [3.05, 3.63) is 53.3 Å². The third-order valence-electron chi connectivity index (χ3n) is 2.72. The molecule has 0 aliphatic heterocycles. The minimum absolute atomic E-state index is 0.0567. The number of anilines is 2. The number of benzene rings is 2. The molecule has 0 saturated carbocycles. The summed E-state index contributed by atoms with van der Waals surface area (Å²) in [5, 5.41) is 3.16. The largest absolute Gasteiger partial charge is 0.384 e. The number of para-hydroxylation sites is 1. The Hall–Kier alpha value is -1.79. The van der Waals surface area contributed by atoms with Gasteiger partial charge in [-0.3, -0.25) is 4.72 Å². The third kappa shape index (κ3) is 3.65. The molecule has 0 bridgehead atoms. The first-order valence-corrected chi connectivity index (χ1v) is 8.11. The molecule has 0 aromatic heterocycles. The van der Waals surface area contributed by atoms with Gasteiger partial charge in [0, 0.05) is 11.6 Å². The zero-order valence-electron chi connectivity index (χ0n) is 11.2. The monoisotopic (exact) mass is 328 g/mol. The van der Waals surface area contributed by atoms with Gasteiger partial charge in [0.25, 0.3) is 10.0 Å². The first kappa shape index (κ1) is 15.6. The molecule has 0 atom stereocenters. The van der Waals surface area contributed by atoms with Crippen molar-refractivity contribution in [3.63, 3.8) is 0 Å². The number of hydrogen-bond donors (Lipinski definition) is 2. The molecule has 7 heteroatoms. The normalized spacial score (nSPS) is 11.2. The van der Waals surface area contributed by atoms with E-state index in [0.717, 1.165) is 6.07 Å². The molecular formula is C14H14ClFN2O2S. The second kappa shape index (κ2) is 6.32. The van der Waals surface area contributed by atoms with Gasteiger partial charge in [0.05, 0.1) is 11.4 Å². The van der Waals surface area contributed by atoms with E-state index in [1.165, 1.54) is 18.2 Å². The fourth-order valence-electron chi connectivity index (χ4n) is 1.81. The highest BCUT2D eigenvalue weighted by Gasteiger charge is 2.19. The van der Waals surface area contributed by atoms with Crippen LogP contribution in [0, 0.1) is 5.82 Å². The molecule has 2 aromatic rings. The molecule has 0 radical (unpaired) electrons. The van der Waals surface area contributed by atoms with Crippen molar-refractivity contribution < 1.29 is 12.8 Å². The summed E-state index contributed by atoms with van der Waals surface area (Å²) in [6.07, 6.45) is 0. The standard InChI is InChI=1S/C14H14ClFN2O2S/c1-2-17-13-5-3-4-6-14(13)21(19,20)18-12-8-7-10(15)9-11(12)16/h3-9,17-18H,2H2,1H3. The summed E-state index contributed by atoms with van der Waals surface area (Å²) < 4.78 is 40.7. The van der Waals surface area contributed by atoms with Gasteiger partial charge in [0.2, 0.25) is 0 Å². The van der Waals surface area contributed by atoms with Gasteiger partial charge in [-0.2, -0.15) is 0 Å². The van der Waals surface area contributed by atoms with Crippen LogP contribution in [0.15, 0.2) is 47.4 Å². The molecule has 112 valence electrons. The third-order valence-corrected chi connectivity index (χ3v) is 4.38. The van der Waals surface area contributed by atoms with Crippen LogP contribution in [0.2, 0.25) is 5.02 Å². The van der Waals surface area contributed by atoms with Crippen molar-refractivity contribution in [1.29, 1.82) is 0 Å². The molecule has 0 aliphatic carbocycles. The predicted molar refractivity (Wildman–Crippen MR) is 82.8 cm³/mol. The maximum atomic E-state index is 13.7. The van der Waals surface area contributed by atoms with E-state index in [9.17, 15) is 12.8 Å². The first-order valence-electron chi connectivity index (χ1n) is 6.25. The molecule has 0 fully saturated rings. The summed E-state index contributed by atoms with van der Waals surface area (Å²) in [7, 11) is -3.90. The van der Waals surface area contributed by atoms with Crippen LogP contribution < -0.4 is 10.0 Å². The lowest BCUT2D eigenvalue weighted by Crippen LogP contribution is -2.16. The summed E-state index contributed by atoms with van der Waals surface area (Å²) >= 11 is 5.64. The molecule has 0 saturated heterocycles. The maximum Gasteiger partial charge on any atom is 0.264 e. The van der Waals surface area contributed by atoms with Crippen molar-refractivity contribution in [1.82, 2.24) is 0 Å². The van der Waals surface area contributed by atoms with Crippen LogP contribution in [0.4, 0.5) is 15.8 Å². The van der Waals surface area contributed by atoms with Gasteiger partial charge in [-0.1, -0.05) is 23.7 Å². The van der Waals surface area contributed by atoms with E-state index >= 15 is 0 Å². The molecule has 4 nitrogen and oxygen atoms in total. The van der Waals surface area contributed by atoms with E-state index in [2.05, 4.69) is 10.0 Å². The second-order valence-corrected chi connectivity index (χ2v) is 6.34. The fraction of sp³-hybridized carbons (Fsp3) is 0.143. The van der Waals surface area contributed by atoms with Crippen LogP contribution in [0.5, 0.6) is 0 Å². The Morgan fingerprint density at radius 2 is 1.86 bits per heavy atom. The number of hydrogen-bond acceptors (Lipinski definition) is 3. The molecular weight excluding hydrogens is 315 g/mol. The van der Waals surface area contributed by atoms with Crippen LogP contribution in [0.1, 0.15) is 6.92 Å². The summed E-state index contributed by atoms with van der Waals surface area (Å²) in [4.78, 5) is 0.0567. The highest BCUT2D eigenvalue weighted by Crippen LogP contribution is 2.25. The molecule has 21 heavy (non-hydrogen) atoms. The van der Waals surface area contributed by atoms with E-state index in [0.29, 0.717) is 12.2 Å². The summed E-state index contributed by atoms with van der Waals surface area (Å²) in [6, 6.07) is 10.2. The molecule has 0 unspecified atom stereocenters. The van der Waals surface area contributed by atoms with E-state index in [-0.39, 0.29) is 15.6 Å². The van der Waals surface area contributed by atoms with Crippen LogP contribution in [-0.2, 0) is 10.0 Å². The van der Waals surface area contributed by atoms with Gasteiger partial charge in [-0.05, 0) is 37.3 Å². The smallest absolute Gasteiger partial charge is 0.264 e. The minimum atomic E-state index is -3.90. The van der Waals surface area contributed by atoms with Gasteiger partial charge in [0.15, 0.2) is 0 Å². The maximum absolute atomic E-state index is 13.7. The Balaban J connectivity index is 2.39. The average molecular weight is 329 g/mol. The zero-order chi connectivity index (χ0) is 15.5. The Morgan fingerprint density at radius 3 is 2.52 bits per heavy atom. The lowest BCUT2D eigenvalue weighted by molar-refractivity contribution is 0.599. The number of sulfonamides is 1. The van der Waals surface area contributed by atoms with Gasteiger partial charge in [-0.15, -0.1) is 0 Å². The topological polar surface area (TPSA) is 58.2 Å². The van der Waals surface area contributed by atoms with Crippen LogP contribution in [0.3, 0.4) is 0 Å². The van der Waals surface area contributed by atoms with Gasteiger partial charge in [-0.25, -0.2) is 12.8 Å². The van der Waals surface area contributed by atoms with Gasteiger partial charge in [0.1, 0.15) is 10.7 Å². The molecule has 0 heterocycles. The molecule has 0 spiro atoms. The van der Waals surface area contributed by atoms with Crippen molar-refractivity contribution in [2.75, 3.05) is 16.6 Å². The Bertz CT molecular complexity index is 750. The van der Waals surface area contributed by atoms with Crippen LogP contribution in [0.25, 0.3) is 0 Å². The summed E-state index contributed by atoms with van der Waals surface area (Å²) in [5.74, 6) is -0.730. The highest BCUT2D eigenvalue weighted by atomic mass is 35.5. The lowest BCUT2D eigenvalue weighted by atomic mass is 10.3. The number of halogens is 2. The van der Waals surface area contributed by atoms with E-state index in [1.807, 2.05) is 6.92 Å². The van der Waals surface area contributed by atoms with Crippen molar-refractivity contribution >= 4 is 33.0 Å². The number of nitrogens with one attached hydrogen (secondary N) is 2.